The number of carbonyl (C=O) groups excluding carboxylic acids is 2. The number of aliphatic hydroxyl groups is 2. The van der Waals surface area contributed by atoms with E-state index in [1.807, 2.05) is 0 Å². The molecule has 0 heterocycles. The van der Waals surface area contributed by atoms with Gasteiger partial charge in [0.05, 0.1) is 13.2 Å². The van der Waals surface area contributed by atoms with Crippen LogP contribution < -0.4 is 10.6 Å². The second-order valence-electron chi connectivity index (χ2n) is 6.58. The maximum absolute atomic E-state index is 11.7. The van der Waals surface area contributed by atoms with Gasteiger partial charge in [-0.1, -0.05) is 33.1 Å². The number of rotatable bonds is 7. The highest BCUT2D eigenvalue weighted by Gasteiger charge is 2.33. The lowest BCUT2D eigenvalue weighted by atomic mass is 9.87. The summed E-state index contributed by atoms with van der Waals surface area (Å²) in [5, 5.41) is 24.1. The summed E-state index contributed by atoms with van der Waals surface area (Å²) in [6.45, 7) is 3.36. The Balaban J connectivity index is 2.24. The third-order valence-electron chi connectivity index (χ3n) is 4.13. The number of hydrogen-bond donors (Lipinski definition) is 4. The van der Waals surface area contributed by atoms with Crippen molar-refractivity contribution in [2.45, 2.75) is 52.1 Å². The molecule has 0 bridgehead atoms. The fourth-order valence-corrected chi connectivity index (χ4v) is 2.42. The van der Waals surface area contributed by atoms with Crippen LogP contribution in [0.15, 0.2) is 0 Å². The first-order valence-corrected chi connectivity index (χ1v) is 7.70. The molecule has 1 saturated carbocycles. The van der Waals surface area contributed by atoms with Crippen LogP contribution in [0.2, 0.25) is 0 Å². The summed E-state index contributed by atoms with van der Waals surface area (Å²) >= 11 is 0. The van der Waals surface area contributed by atoms with Crippen LogP contribution in [0, 0.1) is 11.3 Å². The van der Waals surface area contributed by atoms with Crippen LogP contribution in [-0.4, -0.2) is 47.8 Å². The highest BCUT2D eigenvalue weighted by Crippen LogP contribution is 2.22. The van der Waals surface area contributed by atoms with Crippen molar-refractivity contribution in [2.24, 2.45) is 11.3 Å². The molecular formula is C15H28N2O4. The Bertz CT molecular complexity index is 352. The summed E-state index contributed by atoms with van der Waals surface area (Å²) < 4.78 is 0. The second kappa shape index (κ2) is 8.34. The topological polar surface area (TPSA) is 98.7 Å². The number of amides is 2. The largest absolute Gasteiger partial charge is 0.396 e. The van der Waals surface area contributed by atoms with Crippen LogP contribution in [0.4, 0.5) is 0 Å². The molecule has 6 heteroatoms. The van der Waals surface area contributed by atoms with Gasteiger partial charge in [-0.25, -0.2) is 0 Å². The second-order valence-corrected chi connectivity index (χ2v) is 6.58. The van der Waals surface area contributed by atoms with E-state index in [9.17, 15) is 14.7 Å². The zero-order valence-electron chi connectivity index (χ0n) is 13.0. The fraction of sp³-hybridized carbons (Fsp3) is 0.867. The molecule has 6 nitrogen and oxygen atoms in total. The molecule has 1 atom stereocenters. The van der Waals surface area contributed by atoms with Gasteiger partial charge in [0.25, 0.3) is 0 Å². The molecule has 0 saturated heterocycles. The van der Waals surface area contributed by atoms with E-state index in [-0.39, 0.29) is 19.1 Å². The lowest BCUT2D eigenvalue weighted by Crippen LogP contribution is -2.48. The molecule has 1 aliphatic carbocycles. The van der Waals surface area contributed by atoms with Gasteiger partial charge >= 0.3 is 0 Å². The Kier molecular flexibility index (Phi) is 7.11. The van der Waals surface area contributed by atoms with Crippen molar-refractivity contribution < 1.29 is 19.8 Å². The van der Waals surface area contributed by atoms with Gasteiger partial charge in [-0.3, -0.25) is 9.59 Å². The smallest absolute Gasteiger partial charge is 0.249 e. The highest BCUT2D eigenvalue weighted by atomic mass is 16.3. The van der Waals surface area contributed by atoms with Crippen LogP contribution >= 0.6 is 0 Å². The molecule has 1 rings (SSSR count). The van der Waals surface area contributed by atoms with E-state index in [0.717, 1.165) is 12.8 Å². The Morgan fingerprint density at radius 1 is 1.19 bits per heavy atom. The number of nitrogens with one attached hydrogen (secondary N) is 2. The van der Waals surface area contributed by atoms with Gasteiger partial charge in [0, 0.05) is 12.0 Å². The first-order valence-electron chi connectivity index (χ1n) is 7.70. The first kappa shape index (κ1) is 17.9. The molecule has 122 valence electrons. The molecule has 0 aromatic heterocycles. The van der Waals surface area contributed by atoms with E-state index < -0.39 is 17.4 Å². The molecule has 1 fully saturated rings. The van der Waals surface area contributed by atoms with Crippen LogP contribution in [0.1, 0.15) is 46.0 Å². The first-order chi connectivity index (χ1) is 9.86. The Morgan fingerprint density at radius 2 is 1.81 bits per heavy atom. The van der Waals surface area contributed by atoms with Gasteiger partial charge in [-0.15, -0.1) is 0 Å². The van der Waals surface area contributed by atoms with Gasteiger partial charge in [-0.05, 0) is 18.8 Å². The number of hydrogen-bond acceptors (Lipinski definition) is 4. The maximum Gasteiger partial charge on any atom is 0.249 e. The molecule has 0 radical (unpaired) electrons. The van der Waals surface area contributed by atoms with Crippen molar-refractivity contribution in [3.63, 3.8) is 0 Å². The van der Waals surface area contributed by atoms with Crippen LogP contribution in [0.3, 0.4) is 0 Å². The lowest BCUT2D eigenvalue weighted by molar-refractivity contribution is -0.138. The monoisotopic (exact) mass is 300 g/mol. The number of carbonyl (C=O) groups is 2. The highest BCUT2D eigenvalue weighted by molar-refractivity contribution is 5.87. The SMILES string of the molecule is CC(C)(CO)[C@@H](O)C(=O)NCC(=O)NCC1CCCCC1. The van der Waals surface area contributed by atoms with E-state index in [1.165, 1.54) is 19.3 Å². The van der Waals surface area contributed by atoms with Gasteiger partial charge in [0.15, 0.2) is 0 Å². The molecular weight excluding hydrogens is 272 g/mol. The van der Waals surface area contributed by atoms with Crippen molar-refractivity contribution in [2.75, 3.05) is 19.7 Å². The molecule has 1 aliphatic rings. The normalized spacial score (nSPS) is 18.1. The van der Waals surface area contributed by atoms with Crippen molar-refractivity contribution in [3.05, 3.63) is 0 Å². The van der Waals surface area contributed by atoms with Gasteiger partial charge in [-0.2, -0.15) is 0 Å². The molecule has 0 unspecified atom stereocenters. The zero-order chi connectivity index (χ0) is 15.9. The molecule has 0 aromatic rings. The van der Waals surface area contributed by atoms with Gasteiger partial charge in [0.2, 0.25) is 11.8 Å². The lowest BCUT2D eigenvalue weighted by Gasteiger charge is -2.27. The minimum atomic E-state index is -1.34. The molecule has 0 aliphatic heterocycles. The van der Waals surface area contributed by atoms with Crippen LogP contribution in [0.5, 0.6) is 0 Å². The molecule has 0 spiro atoms. The average molecular weight is 300 g/mol. The van der Waals surface area contributed by atoms with E-state index in [1.54, 1.807) is 13.8 Å². The van der Waals surface area contributed by atoms with E-state index in [0.29, 0.717) is 12.5 Å². The minimum absolute atomic E-state index is 0.149. The predicted molar refractivity (Wildman–Crippen MR) is 79.5 cm³/mol. The quantitative estimate of drug-likeness (QED) is 0.539. The third-order valence-corrected chi connectivity index (χ3v) is 4.13. The summed E-state index contributed by atoms with van der Waals surface area (Å²) in [7, 11) is 0. The Hall–Kier alpha value is -1.14. The van der Waals surface area contributed by atoms with Crippen molar-refractivity contribution in [3.8, 4) is 0 Å². The summed E-state index contributed by atoms with van der Waals surface area (Å²) in [5.41, 5.74) is -0.928. The van der Waals surface area contributed by atoms with Crippen molar-refractivity contribution in [1.29, 1.82) is 0 Å². The van der Waals surface area contributed by atoms with E-state index >= 15 is 0 Å². The maximum atomic E-state index is 11.7. The van der Waals surface area contributed by atoms with Crippen LogP contribution in [-0.2, 0) is 9.59 Å². The van der Waals surface area contributed by atoms with Gasteiger partial charge < -0.3 is 20.8 Å². The third kappa shape index (κ3) is 6.01. The van der Waals surface area contributed by atoms with Gasteiger partial charge in [0.1, 0.15) is 6.10 Å². The molecule has 4 N–H and O–H groups in total. The predicted octanol–water partition coefficient (Wildman–Crippen LogP) is 0.178. The minimum Gasteiger partial charge on any atom is -0.396 e. The summed E-state index contributed by atoms with van der Waals surface area (Å²) in [6.07, 6.45) is 4.68. The zero-order valence-corrected chi connectivity index (χ0v) is 13.0. The Labute approximate surface area is 126 Å². The van der Waals surface area contributed by atoms with Crippen LogP contribution in [0.25, 0.3) is 0 Å². The average Bonchev–Trinajstić information content (AvgIpc) is 2.50. The molecule has 2 amide bonds. The standard InChI is InChI=1S/C15H28N2O4/c1-15(2,10-18)13(20)14(21)17-9-12(19)16-8-11-6-4-3-5-7-11/h11,13,18,20H,3-10H2,1-2H3,(H,16,19)(H,17,21)/t13-/m0/s1. The number of aliphatic hydroxyl groups excluding tert-OH is 2. The van der Waals surface area contributed by atoms with E-state index in [2.05, 4.69) is 10.6 Å². The summed E-state index contributed by atoms with van der Waals surface area (Å²) in [4.78, 5) is 23.4. The molecule has 0 aromatic carbocycles. The van der Waals surface area contributed by atoms with Crippen molar-refractivity contribution >= 4 is 11.8 Å². The molecule has 21 heavy (non-hydrogen) atoms. The van der Waals surface area contributed by atoms with E-state index in [4.69, 9.17) is 5.11 Å². The Morgan fingerprint density at radius 3 is 2.38 bits per heavy atom. The van der Waals surface area contributed by atoms with Crippen molar-refractivity contribution in [1.82, 2.24) is 10.6 Å². The summed E-state index contributed by atoms with van der Waals surface area (Å²) in [5.74, 6) is -0.345. The fourth-order valence-electron chi connectivity index (χ4n) is 2.42. The summed E-state index contributed by atoms with van der Waals surface area (Å²) in [6, 6.07) is 0.